The molecule has 27 heavy (non-hydrogen) atoms. The lowest BCUT2D eigenvalue weighted by atomic mass is 10.1. The third kappa shape index (κ3) is 3.97. The number of alkyl halides is 3. The summed E-state index contributed by atoms with van der Waals surface area (Å²) in [4.78, 5) is 12.8. The molecular formula is C20H20F3N2O2+. The summed E-state index contributed by atoms with van der Waals surface area (Å²) in [6.07, 6.45) is -1.37. The summed E-state index contributed by atoms with van der Waals surface area (Å²) in [6.45, 7) is 5.27. The Balaban J connectivity index is 2.17. The first-order valence-electron chi connectivity index (χ1n) is 8.37. The topological polar surface area (TPSA) is 35.1 Å². The summed E-state index contributed by atoms with van der Waals surface area (Å²) in [7, 11) is 1.85. The second-order valence-corrected chi connectivity index (χ2v) is 7.37. The molecule has 0 fully saturated rings. The Hall–Kier alpha value is -2.83. The smallest absolute Gasteiger partial charge is 0.419 e. The summed E-state index contributed by atoms with van der Waals surface area (Å²) in [5.74, 6) is 0. The van der Waals surface area contributed by atoms with Gasteiger partial charge in [-0.2, -0.15) is 13.2 Å². The zero-order valence-corrected chi connectivity index (χ0v) is 15.5. The van der Waals surface area contributed by atoms with E-state index in [1.807, 2.05) is 17.8 Å². The van der Waals surface area contributed by atoms with E-state index in [9.17, 15) is 18.0 Å². The summed E-state index contributed by atoms with van der Waals surface area (Å²) < 4.78 is 47.3. The lowest BCUT2D eigenvalue weighted by Gasteiger charge is -2.21. The van der Waals surface area contributed by atoms with E-state index in [-0.39, 0.29) is 0 Å². The van der Waals surface area contributed by atoms with E-state index < -0.39 is 23.4 Å². The van der Waals surface area contributed by atoms with Gasteiger partial charge in [0.1, 0.15) is 12.6 Å². The molecule has 0 saturated carbocycles. The Bertz CT molecular complexity index is 997. The van der Waals surface area contributed by atoms with Crippen molar-refractivity contribution in [1.82, 2.24) is 4.57 Å². The van der Waals surface area contributed by atoms with Crippen LogP contribution in [0.5, 0.6) is 0 Å². The van der Waals surface area contributed by atoms with Crippen LogP contribution >= 0.6 is 0 Å². The molecular weight excluding hydrogens is 357 g/mol. The quantitative estimate of drug-likeness (QED) is 0.564. The number of aryl methyl sites for hydroxylation is 1. The molecule has 0 amide bonds. The van der Waals surface area contributed by atoms with Crippen molar-refractivity contribution >= 4 is 17.0 Å². The van der Waals surface area contributed by atoms with Crippen LogP contribution in [-0.2, 0) is 18.0 Å². The first-order valence-corrected chi connectivity index (χ1v) is 8.37. The molecule has 0 aliphatic rings. The zero-order chi connectivity index (χ0) is 20.0. The number of aromatic nitrogens is 2. The number of hydrogen-bond acceptors (Lipinski definition) is 2. The number of hydrogen-bond donors (Lipinski definition) is 0. The van der Waals surface area contributed by atoms with Gasteiger partial charge in [0.15, 0.2) is 12.4 Å². The molecule has 3 rings (SSSR count). The van der Waals surface area contributed by atoms with Crippen LogP contribution in [0.2, 0.25) is 0 Å². The number of rotatable bonds is 1. The van der Waals surface area contributed by atoms with Gasteiger partial charge in [-0.3, -0.25) is 0 Å². The lowest BCUT2D eigenvalue weighted by molar-refractivity contribution is -0.670. The van der Waals surface area contributed by atoms with E-state index in [1.54, 1.807) is 39.1 Å². The van der Waals surface area contributed by atoms with E-state index in [0.29, 0.717) is 16.8 Å². The summed E-state index contributed by atoms with van der Waals surface area (Å²) in [6, 6.07) is 8.27. The Morgan fingerprint density at radius 1 is 1.07 bits per heavy atom. The maximum Gasteiger partial charge on any atom is 0.419 e. The Kier molecular flexibility index (Phi) is 4.49. The third-order valence-electron chi connectivity index (χ3n) is 3.96. The van der Waals surface area contributed by atoms with Gasteiger partial charge in [-0.15, -0.1) is 0 Å². The molecule has 0 aliphatic carbocycles. The zero-order valence-electron chi connectivity index (χ0n) is 15.5. The second-order valence-electron chi connectivity index (χ2n) is 7.37. The highest BCUT2D eigenvalue weighted by atomic mass is 19.4. The van der Waals surface area contributed by atoms with Gasteiger partial charge in [0.05, 0.1) is 22.2 Å². The van der Waals surface area contributed by atoms with Crippen LogP contribution in [0.1, 0.15) is 26.3 Å². The maximum absolute atomic E-state index is 12.8. The lowest BCUT2D eigenvalue weighted by Crippen LogP contribution is -2.28. The molecule has 0 bridgehead atoms. The molecule has 4 nitrogen and oxygen atoms in total. The largest absolute Gasteiger partial charge is 0.443 e. The number of halogens is 3. The average Bonchev–Trinajstić information content (AvgIpc) is 2.91. The molecule has 0 atom stereocenters. The molecule has 7 heteroatoms. The fourth-order valence-corrected chi connectivity index (χ4v) is 2.82. The fourth-order valence-electron chi connectivity index (χ4n) is 2.82. The molecule has 3 aromatic rings. The minimum Gasteiger partial charge on any atom is -0.443 e. The minimum atomic E-state index is -4.41. The van der Waals surface area contributed by atoms with Crippen molar-refractivity contribution in [3.63, 3.8) is 0 Å². The van der Waals surface area contributed by atoms with E-state index >= 15 is 0 Å². The highest BCUT2D eigenvalue weighted by Crippen LogP contribution is 2.33. The number of nitrogens with zero attached hydrogens (tertiary/aromatic N) is 2. The monoisotopic (exact) mass is 377 g/mol. The van der Waals surface area contributed by atoms with Crippen molar-refractivity contribution in [3.05, 3.63) is 54.4 Å². The molecule has 0 aliphatic heterocycles. The standard InChI is InChI=1S/C20H20F3N2O2/c1-19(2,3)27-18(26)25-16-9-10-24(4)12-14(16)11-17(25)13-5-7-15(8-6-13)20(21,22)23/h5-12H,1-4H3/q+1. The third-order valence-corrected chi connectivity index (χ3v) is 3.96. The second kappa shape index (κ2) is 6.40. The van der Waals surface area contributed by atoms with Crippen molar-refractivity contribution in [2.45, 2.75) is 32.5 Å². The number of ether oxygens (including phenoxy) is 1. The van der Waals surface area contributed by atoms with E-state index in [4.69, 9.17) is 4.74 Å². The Morgan fingerprint density at radius 2 is 1.70 bits per heavy atom. The van der Waals surface area contributed by atoms with Crippen LogP contribution in [0.3, 0.4) is 0 Å². The van der Waals surface area contributed by atoms with Crippen LogP contribution in [0.15, 0.2) is 48.8 Å². The van der Waals surface area contributed by atoms with Gasteiger partial charge in [0, 0.05) is 6.07 Å². The van der Waals surface area contributed by atoms with Crippen molar-refractivity contribution in [3.8, 4) is 11.3 Å². The summed E-state index contributed by atoms with van der Waals surface area (Å²) >= 11 is 0. The normalized spacial score (nSPS) is 12.4. The number of carbonyl (C=O) groups is 1. The van der Waals surface area contributed by atoms with Crippen LogP contribution in [0, 0.1) is 0 Å². The molecule has 1 aromatic carbocycles. The van der Waals surface area contributed by atoms with Crippen LogP contribution in [-0.4, -0.2) is 16.3 Å². The number of benzene rings is 1. The van der Waals surface area contributed by atoms with E-state index in [1.165, 1.54) is 16.7 Å². The van der Waals surface area contributed by atoms with Gasteiger partial charge >= 0.3 is 12.3 Å². The van der Waals surface area contributed by atoms with Gasteiger partial charge in [-0.25, -0.2) is 13.9 Å². The highest BCUT2D eigenvalue weighted by Gasteiger charge is 2.30. The minimum absolute atomic E-state index is 0.471. The first-order chi connectivity index (χ1) is 12.5. The van der Waals surface area contributed by atoms with E-state index in [2.05, 4.69) is 0 Å². The SMILES string of the molecule is C[n+]1ccc2c(cc(-c3ccc(C(F)(F)F)cc3)n2C(=O)OC(C)(C)C)c1. The summed E-state index contributed by atoms with van der Waals surface area (Å²) in [5.41, 5.74) is 0.145. The van der Waals surface area contributed by atoms with Crippen LogP contribution < -0.4 is 4.57 Å². The first kappa shape index (κ1) is 18.9. The van der Waals surface area contributed by atoms with Crippen molar-refractivity contribution in [2.75, 3.05) is 0 Å². The summed E-state index contributed by atoms with van der Waals surface area (Å²) in [5, 5.41) is 0.778. The van der Waals surface area contributed by atoms with E-state index in [0.717, 1.165) is 17.5 Å². The molecule has 0 unspecified atom stereocenters. The fraction of sp³-hybridized carbons (Fsp3) is 0.300. The average molecular weight is 377 g/mol. The van der Waals surface area contributed by atoms with Gasteiger partial charge in [0.2, 0.25) is 0 Å². The molecule has 0 N–H and O–H groups in total. The van der Waals surface area contributed by atoms with Gasteiger partial charge in [-0.05, 0) is 44.5 Å². The maximum atomic E-state index is 12.8. The Morgan fingerprint density at radius 3 is 2.26 bits per heavy atom. The Labute approximate surface area is 154 Å². The number of pyridine rings is 1. The molecule has 0 saturated heterocycles. The van der Waals surface area contributed by atoms with Crippen LogP contribution in [0.25, 0.3) is 22.2 Å². The number of carbonyl (C=O) groups excluding carboxylic acids is 1. The molecule has 0 radical (unpaired) electrons. The predicted molar refractivity (Wildman–Crippen MR) is 95.2 cm³/mol. The number of fused-ring (bicyclic) bond motifs is 1. The molecule has 2 heterocycles. The van der Waals surface area contributed by atoms with Gasteiger partial charge < -0.3 is 4.74 Å². The van der Waals surface area contributed by atoms with Gasteiger partial charge in [-0.1, -0.05) is 12.1 Å². The molecule has 2 aromatic heterocycles. The highest BCUT2D eigenvalue weighted by molar-refractivity contribution is 5.95. The molecule has 0 spiro atoms. The molecule has 142 valence electrons. The van der Waals surface area contributed by atoms with Gasteiger partial charge in [0.25, 0.3) is 0 Å². The van der Waals surface area contributed by atoms with Crippen molar-refractivity contribution in [2.24, 2.45) is 7.05 Å². The van der Waals surface area contributed by atoms with Crippen molar-refractivity contribution in [1.29, 1.82) is 0 Å². The predicted octanol–water partition coefficient (Wildman–Crippen LogP) is 4.93. The van der Waals surface area contributed by atoms with Crippen molar-refractivity contribution < 1.29 is 27.3 Å². The van der Waals surface area contributed by atoms with Crippen LogP contribution in [0.4, 0.5) is 18.0 Å².